The minimum Gasteiger partial charge on any atom is -0.453 e. The molecule has 3 N–H and O–H groups in total. The summed E-state index contributed by atoms with van der Waals surface area (Å²) in [4.78, 5) is 40.3. The second kappa shape index (κ2) is 8.48. The molecule has 5 atom stereocenters. The zero-order valence-corrected chi connectivity index (χ0v) is 21.2. The number of aliphatic hydroxyl groups is 1. The maximum atomic E-state index is 13.4. The summed E-state index contributed by atoms with van der Waals surface area (Å²) >= 11 is 0. The van der Waals surface area contributed by atoms with Crippen molar-refractivity contribution < 1.29 is 33.7 Å². The molecule has 2 aromatic rings. The maximum absolute atomic E-state index is 13.4. The molecule has 2 aliphatic heterocycles. The smallest absolute Gasteiger partial charge is 0.405 e. The summed E-state index contributed by atoms with van der Waals surface area (Å²) in [6, 6.07) is 5.98. The van der Waals surface area contributed by atoms with Crippen molar-refractivity contribution in [3.8, 4) is 5.88 Å². The fraction of sp³-hybridized carbons (Fsp3) is 0.577. The molecule has 3 heterocycles. The van der Waals surface area contributed by atoms with Gasteiger partial charge in [-0.3, -0.25) is 4.90 Å². The van der Waals surface area contributed by atoms with Crippen LogP contribution in [0.5, 0.6) is 5.88 Å². The van der Waals surface area contributed by atoms with E-state index in [4.69, 9.17) is 19.9 Å². The van der Waals surface area contributed by atoms with Crippen LogP contribution in [0.15, 0.2) is 18.2 Å². The lowest BCUT2D eigenvalue weighted by Gasteiger charge is -2.49. The summed E-state index contributed by atoms with van der Waals surface area (Å²) in [6.45, 7) is 11.0. The Kier molecular flexibility index (Phi) is 5.79. The number of piperidine rings is 1. The normalized spacial score (nSPS) is 28.6. The molecule has 194 valence electrons. The van der Waals surface area contributed by atoms with Crippen molar-refractivity contribution in [2.75, 3.05) is 6.54 Å². The number of carbonyl (C=O) groups is 3. The highest BCUT2D eigenvalue weighted by Crippen LogP contribution is 2.55. The van der Waals surface area contributed by atoms with Gasteiger partial charge in [-0.25, -0.2) is 14.4 Å². The average molecular weight is 500 g/mol. The number of aliphatic hydroxyl groups excluding tert-OH is 1. The van der Waals surface area contributed by atoms with E-state index in [0.717, 1.165) is 35.9 Å². The summed E-state index contributed by atoms with van der Waals surface area (Å²) in [5.41, 5.74) is 7.20. The van der Waals surface area contributed by atoms with E-state index < -0.39 is 41.9 Å². The van der Waals surface area contributed by atoms with Crippen LogP contribution in [0.4, 0.5) is 4.79 Å². The van der Waals surface area contributed by atoms with Crippen LogP contribution in [0.25, 0.3) is 10.9 Å². The summed E-state index contributed by atoms with van der Waals surface area (Å²) in [5, 5.41) is 11.6. The highest BCUT2D eigenvalue weighted by Gasteiger charge is 2.52. The number of rotatable bonds is 2. The number of hydrogen-bond donors (Lipinski definition) is 2. The van der Waals surface area contributed by atoms with Crippen molar-refractivity contribution in [3.63, 3.8) is 0 Å². The molecule has 36 heavy (non-hydrogen) atoms. The van der Waals surface area contributed by atoms with Crippen LogP contribution >= 0.6 is 0 Å². The minimum atomic E-state index is -2.10. The van der Waals surface area contributed by atoms with Crippen LogP contribution in [0.3, 0.4) is 0 Å². The van der Waals surface area contributed by atoms with Crippen molar-refractivity contribution in [1.82, 2.24) is 9.47 Å². The SMILES string of the molecule is CC(C)N1CCCC2c3cccc4c3c3c(n4C(C)(C)C)OC(=O)C(O)C(OC(N)=O)C(=O)OC3C21. The van der Waals surface area contributed by atoms with Crippen molar-refractivity contribution in [2.45, 2.75) is 89.3 Å². The summed E-state index contributed by atoms with van der Waals surface area (Å²) < 4.78 is 18.7. The molecule has 1 aromatic heterocycles. The van der Waals surface area contributed by atoms with Gasteiger partial charge in [-0.1, -0.05) is 12.1 Å². The van der Waals surface area contributed by atoms with E-state index in [0.29, 0.717) is 5.56 Å². The number of nitrogens with two attached hydrogens (primary N) is 1. The number of amides is 1. The quantitative estimate of drug-likeness (QED) is 0.603. The predicted octanol–water partition coefficient (Wildman–Crippen LogP) is 2.69. The fourth-order valence-electron chi connectivity index (χ4n) is 6.22. The molecule has 1 saturated heterocycles. The first-order valence-corrected chi connectivity index (χ1v) is 12.4. The molecule has 1 aliphatic carbocycles. The highest BCUT2D eigenvalue weighted by atomic mass is 16.6. The zero-order chi connectivity index (χ0) is 26.1. The molecule has 1 aromatic carbocycles. The number of fused-ring (bicyclic) bond motifs is 3. The Morgan fingerprint density at radius 3 is 2.58 bits per heavy atom. The highest BCUT2D eigenvalue weighted by molar-refractivity contribution is 5.96. The summed E-state index contributed by atoms with van der Waals surface area (Å²) in [7, 11) is 0. The van der Waals surface area contributed by atoms with Crippen LogP contribution in [0.2, 0.25) is 0 Å². The van der Waals surface area contributed by atoms with Crippen molar-refractivity contribution in [2.24, 2.45) is 5.73 Å². The van der Waals surface area contributed by atoms with E-state index in [9.17, 15) is 19.5 Å². The van der Waals surface area contributed by atoms with Gasteiger partial charge in [0.25, 0.3) is 0 Å². The van der Waals surface area contributed by atoms with E-state index in [1.54, 1.807) is 0 Å². The molecule has 3 aliphatic rings. The van der Waals surface area contributed by atoms with Crippen LogP contribution in [-0.2, 0) is 24.6 Å². The van der Waals surface area contributed by atoms with Crippen LogP contribution in [-0.4, -0.2) is 63.4 Å². The third kappa shape index (κ3) is 3.66. The number of aromatic nitrogens is 1. The number of esters is 2. The number of carbonyl (C=O) groups excluding carboxylic acids is 3. The number of ether oxygens (including phenoxy) is 3. The van der Waals surface area contributed by atoms with Gasteiger partial charge in [-0.05, 0) is 65.6 Å². The first kappa shape index (κ1) is 24.6. The Hall–Kier alpha value is -3.11. The molecule has 0 bridgehead atoms. The first-order chi connectivity index (χ1) is 16.9. The lowest BCUT2D eigenvalue weighted by Crippen LogP contribution is -2.53. The molecule has 1 fully saturated rings. The number of nitrogens with zero attached hydrogens (tertiary/aromatic N) is 2. The largest absolute Gasteiger partial charge is 0.453 e. The average Bonchev–Trinajstić information content (AvgIpc) is 3.14. The Labute approximate surface area is 209 Å². The van der Waals surface area contributed by atoms with Gasteiger partial charge in [0, 0.05) is 22.9 Å². The Morgan fingerprint density at radius 1 is 1.22 bits per heavy atom. The number of primary amides is 1. The monoisotopic (exact) mass is 499 g/mol. The molecule has 1 amide bonds. The molecule has 0 radical (unpaired) electrons. The molecule has 0 spiro atoms. The Balaban J connectivity index is 1.83. The lowest BCUT2D eigenvalue weighted by molar-refractivity contribution is -0.175. The van der Waals surface area contributed by atoms with E-state index in [1.165, 1.54) is 0 Å². The first-order valence-electron chi connectivity index (χ1n) is 12.4. The van der Waals surface area contributed by atoms with Gasteiger partial charge in [0.1, 0.15) is 6.10 Å². The molecule has 10 heteroatoms. The number of likely N-dealkylation sites (tertiary alicyclic amines) is 1. The van der Waals surface area contributed by atoms with Crippen molar-refractivity contribution >= 4 is 28.9 Å². The number of benzene rings is 1. The molecular formula is C26H33N3O7. The van der Waals surface area contributed by atoms with E-state index in [1.807, 2.05) is 37.5 Å². The van der Waals surface area contributed by atoms with Gasteiger partial charge in [-0.15, -0.1) is 0 Å². The predicted molar refractivity (Wildman–Crippen MR) is 129 cm³/mol. The lowest BCUT2D eigenvalue weighted by atomic mass is 9.73. The van der Waals surface area contributed by atoms with E-state index in [2.05, 4.69) is 24.8 Å². The summed E-state index contributed by atoms with van der Waals surface area (Å²) in [5.74, 6) is -1.88. The second-order valence-corrected chi connectivity index (χ2v) is 11.1. The Bertz CT molecular complexity index is 1240. The molecular weight excluding hydrogens is 466 g/mol. The second-order valence-electron chi connectivity index (χ2n) is 11.1. The van der Waals surface area contributed by atoms with Gasteiger partial charge in [0.15, 0.2) is 0 Å². The molecule has 10 nitrogen and oxygen atoms in total. The fourth-order valence-corrected chi connectivity index (χ4v) is 6.22. The van der Waals surface area contributed by atoms with Gasteiger partial charge in [0.2, 0.25) is 18.1 Å². The van der Waals surface area contributed by atoms with E-state index in [-0.39, 0.29) is 23.9 Å². The molecule has 0 saturated carbocycles. The van der Waals surface area contributed by atoms with Gasteiger partial charge < -0.3 is 29.6 Å². The van der Waals surface area contributed by atoms with Crippen LogP contribution < -0.4 is 10.5 Å². The third-order valence-electron chi connectivity index (χ3n) is 7.52. The topological polar surface area (TPSA) is 133 Å². The Morgan fingerprint density at radius 2 is 1.94 bits per heavy atom. The number of hydrogen-bond acceptors (Lipinski definition) is 8. The standard InChI is InChI=1S/C26H33N3O7/c1-12(2)28-11-7-9-14-13-8-6-10-15-16(13)17-20(18(14)28)34-24(32)21(35-25(27)33)19(30)23(31)36-22(17)29(15)26(3,4)5/h6,8,10,12,14,18-21,30H,7,9,11H2,1-5H3,(H2,27,33). The maximum Gasteiger partial charge on any atom is 0.405 e. The molecule has 5 rings (SSSR count). The van der Waals surface area contributed by atoms with Crippen molar-refractivity contribution in [1.29, 1.82) is 0 Å². The van der Waals surface area contributed by atoms with Crippen molar-refractivity contribution in [3.05, 3.63) is 29.3 Å². The van der Waals surface area contributed by atoms with Gasteiger partial charge >= 0.3 is 18.0 Å². The third-order valence-corrected chi connectivity index (χ3v) is 7.52. The summed E-state index contributed by atoms with van der Waals surface area (Å²) in [6.07, 6.45) is -4.29. The van der Waals surface area contributed by atoms with Gasteiger partial charge in [-0.2, -0.15) is 0 Å². The minimum absolute atomic E-state index is 0.0655. The van der Waals surface area contributed by atoms with Crippen LogP contribution in [0, 0.1) is 0 Å². The van der Waals surface area contributed by atoms with Gasteiger partial charge in [0.05, 0.1) is 17.1 Å². The van der Waals surface area contributed by atoms with E-state index >= 15 is 0 Å². The zero-order valence-electron chi connectivity index (χ0n) is 21.2. The van der Waals surface area contributed by atoms with Crippen LogP contribution in [0.1, 0.15) is 70.6 Å². The molecule has 5 unspecified atom stereocenters.